The lowest BCUT2D eigenvalue weighted by Crippen LogP contribution is -2.14. The van der Waals surface area contributed by atoms with Gasteiger partial charge in [0.25, 0.3) is 0 Å². The first kappa shape index (κ1) is 15.8. The predicted octanol–water partition coefficient (Wildman–Crippen LogP) is 3.92. The van der Waals surface area contributed by atoms with Gasteiger partial charge >= 0.3 is 4.87 Å². The summed E-state index contributed by atoms with van der Waals surface area (Å²) in [5.74, 6) is -0.117. The molecular weight excluding hydrogens is 332 g/mol. The van der Waals surface area contributed by atoms with Crippen LogP contribution in [0, 0.1) is 0 Å². The van der Waals surface area contributed by atoms with E-state index in [4.69, 9.17) is 11.6 Å². The number of rotatable bonds is 4. The topological polar surface area (TPSA) is 51.1 Å². The monoisotopic (exact) mass is 346 g/mol. The number of amides is 1. The Morgan fingerprint density at radius 3 is 2.83 bits per heavy atom. The van der Waals surface area contributed by atoms with E-state index in [-0.39, 0.29) is 17.2 Å². The molecule has 1 aromatic heterocycles. The van der Waals surface area contributed by atoms with Gasteiger partial charge in [0, 0.05) is 17.3 Å². The summed E-state index contributed by atoms with van der Waals surface area (Å²) in [5.41, 5.74) is 2.45. The van der Waals surface area contributed by atoms with Crippen LogP contribution in [0.4, 0.5) is 5.69 Å². The Kier molecular flexibility index (Phi) is 4.50. The van der Waals surface area contributed by atoms with Crippen LogP contribution in [0.25, 0.3) is 10.2 Å². The van der Waals surface area contributed by atoms with Crippen LogP contribution in [0.1, 0.15) is 12.5 Å². The Bertz CT molecular complexity index is 930. The van der Waals surface area contributed by atoms with Gasteiger partial charge in [-0.15, -0.1) is 0 Å². The van der Waals surface area contributed by atoms with Crippen LogP contribution in [0.5, 0.6) is 0 Å². The van der Waals surface area contributed by atoms with E-state index in [0.717, 1.165) is 15.8 Å². The van der Waals surface area contributed by atoms with Crippen LogP contribution >= 0.6 is 22.9 Å². The second-order valence-electron chi connectivity index (χ2n) is 5.15. The minimum Gasteiger partial charge on any atom is -0.326 e. The van der Waals surface area contributed by atoms with Gasteiger partial charge in [-0.05, 0) is 42.8 Å². The van der Waals surface area contributed by atoms with Crippen molar-refractivity contribution in [3.05, 3.63) is 62.7 Å². The largest absolute Gasteiger partial charge is 0.326 e. The predicted molar refractivity (Wildman–Crippen MR) is 95.5 cm³/mol. The van der Waals surface area contributed by atoms with Crippen molar-refractivity contribution in [2.45, 2.75) is 19.9 Å². The van der Waals surface area contributed by atoms with Gasteiger partial charge in [0.05, 0.1) is 16.6 Å². The van der Waals surface area contributed by atoms with Gasteiger partial charge in [-0.3, -0.25) is 14.2 Å². The third-order valence-electron chi connectivity index (χ3n) is 3.52. The van der Waals surface area contributed by atoms with E-state index in [1.807, 2.05) is 37.3 Å². The normalized spacial score (nSPS) is 10.9. The zero-order valence-electron chi connectivity index (χ0n) is 12.5. The molecule has 1 amide bonds. The number of aromatic nitrogens is 1. The smallest absolute Gasteiger partial charge is 0.308 e. The summed E-state index contributed by atoms with van der Waals surface area (Å²) in [6.45, 7) is 2.58. The molecule has 0 atom stereocenters. The molecule has 1 heterocycles. The molecule has 0 spiro atoms. The molecule has 6 heteroatoms. The first-order valence-corrected chi connectivity index (χ1v) is 8.44. The number of halogens is 1. The highest BCUT2D eigenvalue weighted by Crippen LogP contribution is 2.22. The third-order valence-corrected chi connectivity index (χ3v) is 4.70. The minimum absolute atomic E-state index is 0.0184. The lowest BCUT2D eigenvalue weighted by molar-refractivity contribution is -0.115. The Morgan fingerprint density at radius 2 is 2.09 bits per heavy atom. The summed E-state index contributed by atoms with van der Waals surface area (Å²) in [7, 11) is 0. The number of benzene rings is 2. The van der Waals surface area contributed by atoms with E-state index in [0.29, 0.717) is 17.3 Å². The maximum Gasteiger partial charge on any atom is 0.308 e. The highest BCUT2D eigenvalue weighted by atomic mass is 35.5. The van der Waals surface area contributed by atoms with Crippen LogP contribution in [-0.4, -0.2) is 10.5 Å². The van der Waals surface area contributed by atoms with E-state index in [9.17, 15) is 9.59 Å². The second-order valence-corrected chi connectivity index (χ2v) is 6.58. The molecule has 0 aliphatic carbocycles. The number of hydrogen-bond acceptors (Lipinski definition) is 3. The fourth-order valence-electron chi connectivity index (χ4n) is 2.48. The zero-order valence-corrected chi connectivity index (χ0v) is 14.1. The van der Waals surface area contributed by atoms with Crippen molar-refractivity contribution in [2.75, 3.05) is 5.32 Å². The molecule has 0 unspecified atom stereocenters. The van der Waals surface area contributed by atoms with Gasteiger partial charge in [0.15, 0.2) is 0 Å². The number of nitrogens with one attached hydrogen (secondary N) is 1. The van der Waals surface area contributed by atoms with Gasteiger partial charge in [-0.1, -0.05) is 35.1 Å². The fourth-order valence-corrected chi connectivity index (χ4v) is 3.69. The fraction of sp³-hybridized carbons (Fsp3) is 0.176. The van der Waals surface area contributed by atoms with Crippen molar-refractivity contribution in [2.24, 2.45) is 0 Å². The molecule has 2 aromatic carbocycles. The van der Waals surface area contributed by atoms with Crippen LogP contribution < -0.4 is 10.2 Å². The molecular formula is C17H15ClN2O2S. The molecule has 0 aliphatic heterocycles. The standard InChI is InChI=1S/C17H15ClN2O2S/c1-2-20-14-7-6-13(10-15(14)23-17(20)22)19-16(21)9-11-4-3-5-12(18)8-11/h3-8,10H,2,9H2,1H3,(H,19,21). The molecule has 3 aromatic rings. The van der Waals surface area contributed by atoms with Crippen LogP contribution in [-0.2, 0) is 17.8 Å². The maximum absolute atomic E-state index is 12.1. The van der Waals surface area contributed by atoms with Gasteiger partial charge in [0.2, 0.25) is 5.91 Å². The number of carbonyl (C=O) groups excluding carboxylic acids is 1. The number of fused-ring (bicyclic) bond motifs is 1. The van der Waals surface area contributed by atoms with Crippen LogP contribution in [0.3, 0.4) is 0 Å². The highest BCUT2D eigenvalue weighted by molar-refractivity contribution is 7.16. The van der Waals surface area contributed by atoms with Gasteiger partial charge < -0.3 is 5.32 Å². The molecule has 118 valence electrons. The maximum atomic E-state index is 12.1. The lowest BCUT2D eigenvalue weighted by atomic mass is 10.1. The number of anilines is 1. The molecule has 0 saturated carbocycles. The van der Waals surface area contributed by atoms with Crippen molar-refractivity contribution >= 4 is 44.7 Å². The minimum atomic E-state index is -0.117. The van der Waals surface area contributed by atoms with Gasteiger partial charge in [0.1, 0.15) is 0 Å². The van der Waals surface area contributed by atoms with Crippen LogP contribution in [0.2, 0.25) is 5.02 Å². The first-order valence-electron chi connectivity index (χ1n) is 7.24. The van der Waals surface area contributed by atoms with E-state index < -0.39 is 0 Å². The quantitative estimate of drug-likeness (QED) is 0.778. The Hall–Kier alpha value is -2.11. The summed E-state index contributed by atoms with van der Waals surface area (Å²) < 4.78 is 2.59. The number of nitrogens with zero attached hydrogens (tertiary/aromatic N) is 1. The summed E-state index contributed by atoms with van der Waals surface area (Å²) in [6, 6.07) is 12.8. The van der Waals surface area contributed by atoms with E-state index in [1.165, 1.54) is 11.3 Å². The molecule has 0 saturated heterocycles. The summed E-state index contributed by atoms with van der Waals surface area (Å²) in [5, 5.41) is 3.48. The second kappa shape index (κ2) is 6.56. The van der Waals surface area contributed by atoms with E-state index >= 15 is 0 Å². The molecule has 3 rings (SSSR count). The number of carbonyl (C=O) groups is 1. The molecule has 0 bridgehead atoms. The van der Waals surface area contributed by atoms with Crippen molar-refractivity contribution in [3.8, 4) is 0 Å². The Labute approximate surface area is 142 Å². The molecule has 1 N–H and O–H groups in total. The molecule has 0 radical (unpaired) electrons. The van der Waals surface area contributed by atoms with Gasteiger partial charge in [-0.2, -0.15) is 0 Å². The Balaban J connectivity index is 1.78. The first-order chi connectivity index (χ1) is 11.1. The number of hydrogen-bond donors (Lipinski definition) is 1. The third kappa shape index (κ3) is 3.46. The highest BCUT2D eigenvalue weighted by Gasteiger charge is 2.09. The molecule has 0 aliphatic rings. The molecule has 0 fully saturated rings. The SMILES string of the molecule is CCn1c(=O)sc2cc(NC(=O)Cc3cccc(Cl)c3)ccc21. The average Bonchev–Trinajstić information content (AvgIpc) is 2.81. The van der Waals surface area contributed by atoms with Crippen molar-refractivity contribution in [1.82, 2.24) is 4.57 Å². The van der Waals surface area contributed by atoms with Gasteiger partial charge in [-0.25, -0.2) is 0 Å². The Morgan fingerprint density at radius 1 is 1.26 bits per heavy atom. The van der Waals surface area contributed by atoms with Crippen molar-refractivity contribution in [3.63, 3.8) is 0 Å². The van der Waals surface area contributed by atoms with E-state index in [1.54, 1.807) is 16.7 Å². The zero-order chi connectivity index (χ0) is 16.4. The van der Waals surface area contributed by atoms with Crippen LogP contribution in [0.15, 0.2) is 47.3 Å². The summed E-state index contributed by atoms with van der Waals surface area (Å²) >= 11 is 7.11. The van der Waals surface area contributed by atoms with E-state index in [2.05, 4.69) is 5.32 Å². The number of thiazole rings is 1. The molecule has 4 nitrogen and oxygen atoms in total. The summed E-state index contributed by atoms with van der Waals surface area (Å²) in [4.78, 5) is 24.0. The summed E-state index contributed by atoms with van der Waals surface area (Å²) in [6.07, 6.45) is 0.255. The van der Waals surface area contributed by atoms with Crippen molar-refractivity contribution in [1.29, 1.82) is 0 Å². The lowest BCUT2D eigenvalue weighted by Gasteiger charge is -2.06. The molecule has 23 heavy (non-hydrogen) atoms. The average molecular weight is 347 g/mol. The van der Waals surface area contributed by atoms with Crippen molar-refractivity contribution < 1.29 is 4.79 Å². The number of aryl methyl sites for hydroxylation is 1.